The second kappa shape index (κ2) is 8.17. The van der Waals surface area contributed by atoms with Crippen LogP contribution in [0.1, 0.15) is 42.2 Å². The number of pyridine rings is 1. The third-order valence-corrected chi connectivity index (χ3v) is 6.31. The summed E-state index contributed by atoms with van der Waals surface area (Å²) >= 11 is 0. The molecule has 0 unspecified atom stereocenters. The van der Waals surface area contributed by atoms with Crippen molar-refractivity contribution >= 4 is 22.5 Å². The average molecular weight is 457 g/mol. The van der Waals surface area contributed by atoms with Crippen LogP contribution >= 0.6 is 0 Å². The maximum atomic E-state index is 13.8. The Hall–Kier alpha value is -3.43. The Bertz CT molecular complexity index is 1180. The molecule has 2 aliphatic rings. The molecule has 2 fully saturated rings. The summed E-state index contributed by atoms with van der Waals surface area (Å²) in [7, 11) is 0. The van der Waals surface area contributed by atoms with E-state index in [0.717, 1.165) is 29.8 Å². The van der Waals surface area contributed by atoms with Gasteiger partial charge in [0.05, 0.1) is 31.1 Å². The van der Waals surface area contributed by atoms with Gasteiger partial charge in [0.25, 0.3) is 5.91 Å². The van der Waals surface area contributed by atoms with Crippen LogP contribution in [0.5, 0.6) is 5.88 Å². The van der Waals surface area contributed by atoms with Gasteiger partial charge in [-0.25, -0.2) is 15.0 Å². The predicted molar refractivity (Wildman–Crippen MR) is 115 cm³/mol. The highest BCUT2D eigenvalue weighted by Gasteiger charge is 2.49. The van der Waals surface area contributed by atoms with Crippen LogP contribution in [-0.2, 0) is 6.18 Å². The number of carbonyl (C=O) groups is 1. The fourth-order valence-corrected chi connectivity index (χ4v) is 4.93. The van der Waals surface area contributed by atoms with Crippen molar-refractivity contribution in [1.29, 1.82) is 0 Å². The molecule has 5 rings (SSSR count). The van der Waals surface area contributed by atoms with Gasteiger partial charge in [-0.2, -0.15) is 13.2 Å². The Morgan fingerprint density at radius 3 is 2.70 bits per heavy atom. The fourth-order valence-electron chi connectivity index (χ4n) is 4.93. The molecule has 1 amide bonds. The summed E-state index contributed by atoms with van der Waals surface area (Å²) < 4.78 is 44.0. The Kier molecular flexibility index (Phi) is 5.30. The van der Waals surface area contributed by atoms with Gasteiger partial charge in [0, 0.05) is 23.0 Å². The third kappa shape index (κ3) is 3.83. The molecule has 10 heteroatoms. The van der Waals surface area contributed by atoms with Crippen LogP contribution in [0.3, 0.4) is 0 Å². The minimum Gasteiger partial charge on any atom is -0.477 e. The lowest BCUT2D eigenvalue weighted by Crippen LogP contribution is -2.40. The molecule has 3 atom stereocenters. The second-order valence-electron chi connectivity index (χ2n) is 8.24. The second-order valence-corrected chi connectivity index (χ2v) is 8.24. The first-order chi connectivity index (χ1) is 15.9. The largest absolute Gasteiger partial charge is 0.477 e. The molecular formula is C23H22F3N5O2. The number of halogens is 3. The van der Waals surface area contributed by atoms with Crippen LogP contribution in [0.25, 0.3) is 10.8 Å². The van der Waals surface area contributed by atoms with E-state index in [4.69, 9.17) is 4.74 Å². The summed E-state index contributed by atoms with van der Waals surface area (Å²) in [6, 6.07) is 7.34. The normalized spacial score (nSPS) is 22.1. The summed E-state index contributed by atoms with van der Waals surface area (Å²) in [6.07, 6.45) is 1.31. The number of benzene rings is 1. The zero-order valence-electron chi connectivity index (χ0n) is 17.8. The van der Waals surface area contributed by atoms with Crippen LogP contribution in [0, 0.1) is 0 Å². The highest BCUT2D eigenvalue weighted by atomic mass is 19.4. The van der Waals surface area contributed by atoms with Crippen molar-refractivity contribution in [2.75, 3.05) is 11.9 Å². The molecule has 0 radical (unpaired) electrons. The number of ether oxygens (including phenoxy) is 1. The number of aromatic nitrogens is 3. The number of hydrogen-bond donors (Lipinski definition) is 1. The van der Waals surface area contributed by atoms with Crippen LogP contribution in [0.15, 0.2) is 42.9 Å². The minimum atomic E-state index is -4.54. The van der Waals surface area contributed by atoms with E-state index in [0.29, 0.717) is 30.7 Å². The smallest absolute Gasteiger partial charge is 0.434 e. The van der Waals surface area contributed by atoms with Crippen LogP contribution in [-0.4, -0.2) is 50.5 Å². The molecule has 0 spiro atoms. The molecule has 2 bridgehead atoms. The number of alkyl halides is 3. The molecule has 1 N–H and O–H groups in total. The zero-order valence-corrected chi connectivity index (χ0v) is 17.8. The number of hydrogen-bond acceptors (Lipinski definition) is 6. The van der Waals surface area contributed by atoms with E-state index in [-0.39, 0.29) is 29.9 Å². The van der Waals surface area contributed by atoms with Crippen LogP contribution in [0.4, 0.5) is 19.0 Å². The molecule has 4 heterocycles. The molecule has 0 aliphatic carbocycles. The summed E-state index contributed by atoms with van der Waals surface area (Å²) in [4.78, 5) is 27.4. The van der Waals surface area contributed by atoms with Crippen molar-refractivity contribution in [3.8, 4) is 5.88 Å². The number of nitrogens with one attached hydrogen (secondary N) is 1. The van der Waals surface area contributed by atoms with Crippen molar-refractivity contribution in [2.45, 2.75) is 50.5 Å². The van der Waals surface area contributed by atoms with E-state index >= 15 is 0 Å². The lowest BCUT2D eigenvalue weighted by atomic mass is 9.95. The molecule has 3 aromatic rings. The Balaban J connectivity index is 1.41. The third-order valence-electron chi connectivity index (χ3n) is 6.31. The molecular weight excluding hydrogens is 435 g/mol. The standard InChI is InChI=1S/C23H22F3N5O2/c1-2-33-21-20(15-6-4-3-5-13(15)10-29-21)22(32)31-14-7-8-17(31)16(9-14)30-19-12-27-18(11-28-19)23(24,25)26/h3-6,10-12,14,16-17H,2,7-9H2,1H3,(H,28,30)/t14-,16-,17+/m1/s1. The molecule has 33 heavy (non-hydrogen) atoms. The first-order valence-corrected chi connectivity index (χ1v) is 10.9. The number of nitrogens with zero attached hydrogens (tertiary/aromatic N) is 4. The highest BCUT2D eigenvalue weighted by Crippen LogP contribution is 2.41. The average Bonchev–Trinajstić information content (AvgIpc) is 3.36. The number of amides is 1. The number of anilines is 1. The Labute approximate surface area is 188 Å². The van der Waals surface area contributed by atoms with Gasteiger partial charge in [0.2, 0.25) is 5.88 Å². The van der Waals surface area contributed by atoms with Gasteiger partial charge in [0.15, 0.2) is 5.69 Å². The molecule has 7 nitrogen and oxygen atoms in total. The first-order valence-electron chi connectivity index (χ1n) is 10.9. The Morgan fingerprint density at radius 2 is 1.97 bits per heavy atom. The molecule has 2 aromatic heterocycles. The quantitative estimate of drug-likeness (QED) is 0.616. The van der Waals surface area contributed by atoms with E-state index in [1.54, 1.807) is 6.20 Å². The molecule has 0 saturated carbocycles. The van der Waals surface area contributed by atoms with Gasteiger partial charge < -0.3 is 15.0 Å². The molecule has 172 valence electrons. The number of fused-ring (bicyclic) bond motifs is 3. The van der Waals surface area contributed by atoms with Gasteiger partial charge in [-0.1, -0.05) is 24.3 Å². The highest BCUT2D eigenvalue weighted by molar-refractivity contribution is 6.09. The van der Waals surface area contributed by atoms with Gasteiger partial charge in [-0.05, 0) is 26.2 Å². The van der Waals surface area contributed by atoms with Crippen molar-refractivity contribution < 1.29 is 22.7 Å². The minimum absolute atomic E-state index is 0.0239. The van der Waals surface area contributed by atoms with Crippen molar-refractivity contribution in [1.82, 2.24) is 19.9 Å². The SMILES string of the molecule is CCOc1ncc2ccccc2c1C(=O)N1[C@@H]2CC[C@H]1[C@H](Nc1cnc(C(F)(F)F)cn1)C2. The maximum Gasteiger partial charge on any atom is 0.434 e. The fraction of sp³-hybridized carbons (Fsp3) is 0.391. The lowest BCUT2D eigenvalue weighted by molar-refractivity contribution is -0.141. The summed E-state index contributed by atoms with van der Waals surface area (Å²) in [5.74, 6) is 0.429. The van der Waals surface area contributed by atoms with E-state index in [1.807, 2.05) is 36.1 Å². The number of rotatable bonds is 5. The van der Waals surface area contributed by atoms with Crippen molar-refractivity contribution in [3.63, 3.8) is 0 Å². The maximum absolute atomic E-state index is 13.8. The van der Waals surface area contributed by atoms with Gasteiger partial charge >= 0.3 is 6.18 Å². The van der Waals surface area contributed by atoms with E-state index < -0.39 is 11.9 Å². The van der Waals surface area contributed by atoms with Crippen LogP contribution in [0.2, 0.25) is 0 Å². The first kappa shape index (κ1) is 21.4. The van der Waals surface area contributed by atoms with E-state index in [1.165, 1.54) is 0 Å². The summed E-state index contributed by atoms with van der Waals surface area (Å²) in [5.41, 5.74) is -0.591. The predicted octanol–water partition coefficient (Wildman–Crippen LogP) is 4.30. The van der Waals surface area contributed by atoms with Gasteiger partial charge in [-0.15, -0.1) is 0 Å². The Morgan fingerprint density at radius 1 is 1.15 bits per heavy atom. The topological polar surface area (TPSA) is 80.2 Å². The van der Waals surface area contributed by atoms with Crippen molar-refractivity contribution in [2.24, 2.45) is 0 Å². The molecule has 2 saturated heterocycles. The monoisotopic (exact) mass is 457 g/mol. The van der Waals surface area contributed by atoms with E-state index in [2.05, 4.69) is 20.3 Å². The van der Waals surface area contributed by atoms with Gasteiger partial charge in [-0.3, -0.25) is 4.79 Å². The van der Waals surface area contributed by atoms with E-state index in [9.17, 15) is 18.0 Å². The van der Waals surface area contributed by atoms with Gasteiger partial charge in [0.1, 0.15) is 11.4 Å². The summed E-state index contributed by atoms with van der Waals surface area (Å²) in [5, 5.41) is 4.82. The molecule has 2 aliphatic heterocycles. The zero-order chi connectivity index (χ0) is 23.2. The van der Waals surface area contributed by atoms with Crippen LogP contribution < -0.4 is 10.1 Å². The number of carbonyl (C=O) groups excluding carboxylic acids is 1. The summed E-state index contributed by atoms with van der Waals surface area (Å²) in [6.45, 7) is 2.23. The molecule has 1 aromatic carbocycles. The van der Waals surface area contributed by atoms with Crippen molar-refractivity contribution in [3.05, 3.63) is 54.1 Å². The lowest BCUT2D eigenvalue weighted by Gasteiger charge is -2.26.